The van der Waals surface area contributed by atoms with Gasteiger partial charge in [-0.05, 0) is 49.2 Å². The van der Waals surface area contributed by atoms with Crippen LogP contribution in [0.25, 0.3) is 5.69 Å². The van der Waals surface area contributed by atoms with Crippen molar-refractivity contribution in [1.29, 1.82) is 0 Å². The van der Waals surface area contributed by atoms with E-state index in [9.17, 15) is 13.2 Å². The summed E-state index contributed by atoms with van der Waals surface area (Å²) in [5, 5.41) is 2.82. The van der Waals surface area contributed by atoms with Crippen LogP contribution in [0, 0.1) is 0 Å². The monoisotopic (exact) mass is 450 g/mol. The van der Waals surface area contributed by atoms with Crippen LogP contribution in [0.3, 0.4) is 0 Å². The van der Waals surface area contributed by atoms with Crippen LogP contribution < -0.4 is 9.62 Å². The SMILES string of the molecule is O=C(NCc1cn(-c2ccc(N3CCCCS3(=O)=O)cc2)cn1)c1ccc(Cl)s1. The Bertz CT molecular complexity index is 1120. The lowest BCUT2D eigenvalue weighted by Gasteiger charge is -2.28. The van der Waals surface area contributed by atoms with Gasteiger partial charge in [0.25, 0.3) is 5.91 Å². The lowest BCUT2D eigenvalue weighted by molar-refractivity contribution is 0.0954. The summed E-state index contributed by atoms with van der Waals surface area (Å²) in [6.45, 7) is 0.817. The van der Waals surface area contributed by atoms with Gasteiger partial charge in [-0.3, -0.25) is 9.10 Å². The van der Waals surface area contributed by atoms with Crippen LogP contribution in [0.1, 0.15) is 28.2 Å². The minimum atomic E-state index is -3.22. The number of sulfonamides is 1. The highest BCUT2D eigenvalue weighted by Gasteiger charge is 2.25. The third-order valence-corrected chi connectivity index (χ3v) is 7.75. The Morgan fingerprint density at radius 2 is 1.90 bits per heavy atom. The number of hydrogen-bond acceptors (Lipinski definition) is 5. The molecule has 152 valence electrons. The van der Waals surface area contributed by atoms with Crippen molar-refractivity contribution in [2.45, 2.75) is 19.4 Å². The number of nitrogens with zero attached hydrogens (tertiary/aromatic N) is 3. The smallest absolute Gasteiger partial charge is 0.261 e. The molecule has 4 rings (SSSR count). The predicted molar refractivity (Wildman–Crippen MR) is 114 cm³/mol. The van der Waals surface area contributed by atoms with Crippen molar-refractivity contribution < 1.29 is 13.2 Å². The second-order valence-corrected chi connectivity index (χ2v) is 10.4. The number of anilines is 1. The molecule has 0 bridgehead atoms. The van der Waals surface area contributed by atoms with Gasteiger partial charge in [0.05, 0.1) is 39.2 Å². The quantitative estimate of drug-likeness (QED) is 0.645. The number of halogens is 1. The molecule has 3 aromatic rings. The summed E-state index contributed by atoms with van der Waals surface area (Å²) >= 11 is 7.08. The molecule has 2 aromatic heterocycles. The van der Waals surface area contributed by atoms with Crippen molar-refractivity contribution in [1.82, 2.24) is 14.9 Å². The van der Waals surface area contributed by atoms with Crippen LogP contribution in [0.15, 0.2) is 48.9 Å². The molecule has 3 heterocycles. The van der Waals surface area contributed by atoms with E-state index in [0.717, 1.165) is 12.1 Å². The molecule has 0 unspecified atom stereocenters. The number of hydrogen-bond donors (Lipinski definition) is 1. The van der Waals surface area contributed by atoms with Gasteiger partial charge in [0.15, 0.2) is 0 Å². The first-order valence-corrected chi connectivity index (χ1v) is 11.9. The first-order valence-electron chi connectivity index (χ1n) is 9.10. The van der Waals surface area contributed by atoms with Crippen LogP contribution in [0.2, 0.25) is 4.34 Å². The third-order valence-electron chi connectivity index (χ3n) is 4.65. The molecule has 1 aliphatic heterocycles. The molecule has 1 aliphatic rings. The van der Waals surface area contributed by atoms with Gasteiger partial charge in [0.1, 0.15) is 0 Å². The Balaban J connectivity index is 1.42. The topological polar surface area (TPSA) is 84.3 Å². The van der Waals surface area contributed by atoms with Crippen LogP contribution >= 0.6 is 22.9 Å². The number of thiophene rings is 1. The number of amides is 1. The number of rotatable bonds is 5. The number of benzene rings is 1. The van der Waals surface area contributed by atoms with Crippen molar-refractivity contribution in [2.75, 3.05) is 16.6 Å². The van der Waals surface area contributed by atoms with Gasteiger partial charge < -0.3 is 9.88 Å². The summed E-state index contributed by atoms with van der Waals surface area (Å²) in [6.07, 6.45) is 5.07. The first-order chi connectivity index (χ1) is 13.9. The number of carbonyl (C=O) groups is 1. The van der Waals surface area contributed by atoms with E-state index < -0.39 is 10.0 Å². The molecule has 0 aliphatic carbocycles. The molecular formula is C19H19ClN4O3S2. The van der Waals surface area contributed by atoms with Crippen molar-refractivity contribution in [2.24, 2.45) is 0 Å². The average Bonchev–Trinajstić information content (AvgIpc) is 3.35. The molecule has 0 spiro atoms. The Morgan fingerprint density at radius 1 is 1.14 bits per heavy atom. The molecule has 7 nitrogen and oxygen atoms in total. The maximum atomic E-state index is 12.2. The average molecular weight is 451 g/mol. The van der Waals surface area contributed by atoms with E-state index in [0.29, 0.717) is 40.1 Å². The largest absolute Gasteiger partial charge is 0.346 e. The van der Waals surface area contributed by atoms with E-state index in [1.165, 1.54) is 15.6 Å². The summed E-state index contributed by atoms with van der Waals surface area (Å²) in [5.41, 5.74) is 2.25. The molecule has 10 heteroatoms. The Hall–Kier alpha value is -2.36. The van der Waals surface area contributed by atoms with E-state index in [-0.39, 0.29) is 11.7 Å². The molecule has 1 aromatic carbocycles. The van der Waals surface area contributed by atoms with Gasteiger partial charge in [-0.1, -0.05) is 11.6 Å². The van der Waals surface area contributed by atoms with Crippen molar-refractivity contribution >= 4 is 44.6 Å². The van der Waals surface area contributed by atoms with E-state index in [4.69, 9.17) is 11.6 Å². The third kappa shape index (κ3) is 4.47. The van der Waals surface area contributed by atoms with Crippen LogP contribution in [0.5, 0.6) is 0 Å². The van der Waals surface area contributed by atoms with Crippen LogP contribution in [-0.2, 0) is 16.6 Å². The fourth-order valence-electron chi connectivity index (χ4n) is 3.16. The first kappa shape index (κ1) is 19.9. The second kappa shape index (κ2) is 8.17. The molecule has 1 fully saturated rings. The molecule has 29 heavy (non-hydrogen) atoms. The number of imidazole rings is 1. The zero-order valence-electron chi connectivity index (χ0n) is 15.4. The van der Waals surface area contributed by atoms with Crippen molar-refractivity contribution in [3.05, 3.63) is 63.8 Å². The number of carbonyl (C=O) groups excluding carboxylic acids is 1. The summed E-state index contributed by atoms with van der Waals surface area (Å²) in [5.74, 6) is 0.00629. The molecule has 0 saturated carbocycles. The standard InChI is InChI=1S/C19H19ClN4O3S2/c20-18-8-7-17(28-18)19(25)21-11-14-12-23(13-22-14)15-3-5-16(6-4-15)24-9-1-2-10-29(24,26)27/h3-8,12-13H,1-2,9-11H2,(H,21,25). The zero-order chi connectivity index (χ0) is 20.4. The fraction of sp³-hybridized carbons (Fsp3) is 0.263. The molecule has 1 amide bonds. The summed E-state index contributed by atoms with van der Waals surface area (Å²) in [4.78, 5) is 17.0. The highest BCUT2D eigenvalue weighted by atomic mass is 35.5. The van der Waals surface area contributed by atoms with E-state index in [2.05, 4.69) is 10.3 Å². The maximum absolute atomic E-state index is 12.2. The van der Waals surface area contributed by atoms with Gasteiger partial charge in [-0.15, -0.1) is 11.3 Å². The normalized spacial score (nSPS) is 16.0. The Labute approximate surface area is 178 Å². The molecule has 0 radical (unpaired) electrons. The predicted octanol–water partition coefficient (Wildman–Crippen LogP) is 3.45. The summed E-state index contributed by atoms with van der Waals surface area (Å²) in [6, 6.07) is 10.7. The van der Waals surface area contributed by atoms with Gasteiger partial charge in [0, 0.05) is 18.4 Å². The Kier molecular flexibility index (Phi) is 5.62. The molecule has 1 saturated heterocycles. The number of nitrogens with one attached hydrogen (secondary N) is 1. The van der Waals surface area contributed by atoms with Gasteiger partial charge in [-0.2, -0.15) is 0 Å². The Morgan fingerprint density at radius 3 is 2.59 bits per heavy atom. The zero-order valence-corrected chi connectivity index (χ0v) is 17.8. The van der Waals surface area contributed by atoms with E-state index >= 15 is 0 Å². The molecular weight excluding hydrogens is 432 g/mol. The van der Waals surface area contributed by atoms with E-state index in [1.54, 1.807) is 30.6 Å². The second-order valence-electron chi connectivity index (χ2n) is 6.67. The maximum Gasteiger partial charge on any atom is 0.261 e. The van der Waals surface area contributed by atoms with Crippen LogP contribution in [0.4, 0.5) is 5.69 Å². The lowest BCUT2D eigenvalue weighted by atomic mass is 10.2. The van der Waals surface area contributed by atoms with E-state index in [1.807, 2.05) is 22.9 Å². The highest BCUT2D eigenvalue weighted by Crippen LogP contribution is 2.25. The fourth-order valence-corrected chi connectivity index (χ4v) is 5.76. The lowest BCUT2D eigenvalue weighted by Crippen LogP contribution is -2.37. The number of aromatic nitrogens is 2. The van der Waals surface area contributed by atoms with Gasteiger partial charge in [0.2, 0.25) is 10.0 Å². The van der Waals surface area contributed by atoms with Crippen LogP contribution in [-0.4, -0.2) is 36.2 Å². The van der Waals surface area contributed by atoms with Gasteiger partial charge >= 0.3 is 0 Å². The molecule has 1 N–H and O–H groups in total. The summed E-state index contributed by atoms with van der Waals surface area (Å²) < 4.78 is 28.4. The molecule has 0 atom stereocenters. The van der Waals surface area contributed by atoms with Gasteiger partial charge in [-0.25, -0.2) is 13.4 Å². The highest BCUT2D eigenvalue weighted by molar-refractivity contribution is 7.92. The summed E-state index contributed by atoms with van der Waals surface area (Å²) in [7, 11) is -3.22. The van der Waals surface area contributed by atoms with Crippen molar-refractivity contribution in [3.63, 3.8) is 0 Å². The minimum Gasteiger partial charge on any atom is -0.346 e. The van der Waals surface area contributed by atoms with Crippen molar-refractivity contribution in [3.8, 4) is 5.69 Å². The minimum absolute atomic E-state index is 0.191.